The topological polar surface area (TPSA) is 58.6 Å². The van der Waals surface area contributed by atoms with Crippen molar-refractivity contribution in [2.75, 3.05) is 13.2 Å². The van der Waals surface area contributed by atoms with Crippen LogP contribution in [0.5, 0.6) is 0 Å². The average molecular weight is 195 g/mol. The van der Waals surface area contributed by atoms with Crippen molar-refractivity contribution >= 4 is 5.97 Å². The minimum atomic E-state index is -0.384. The quantitative estimate of drug-likeness (QED) is 0.519. The maximum atomic E-state index is 10.9. The predicted octanol–water partition coefficient (Wildman–Crippen LogP) is 1.03. The van der Waals surface area contributed by atoms with Gasteiger partial charge >= 0.3 is 5.97 Å². The number of esters is 1. The zero-order valence-corrected chi connectivity index (χ0v) is 7.99. The Morgan fingerprint density at radius 1 is 1.50 bits per heavy atom. The van der Waals surface area contributed by atoms with Crippen LogP contribution in [0.1, 0.15) is 6.92 Å². The molecule has 0 bridgehead atoms. The third-order valence-electron chi connectivity index (χ3n) is 1.64. The molecule has 14 heavy (non-hydrogen) atoms. The van der Waals surface area contributed by atoms with Crippen LogP contribution in [-0.4, -0.2) is 24.2 Å². The van der Waals surface area contributed by atoms with Gasteiger partial charge in [-0.15, -0.1) is 0 Å². The molecule has 4 nitrogen and oxygen atoms in total. The molecular weight excluding hydrogens is 182 g/mol. The zero-order valence-electron chi connectivity index (χ0n) is 7.99. The lowest BCUT2D eigenvalue weighted by Gasteiger charge is -2.05. The molecule has 0 saturated carbocycles. The van der Waals surface area contributed by atoms with E-state index in [1.165, 1.54) is 0 Å². The molecule has 1 aliphatic rings. The summed E-state index contributed by atoms with van der Waals surface area (Å²) in [4.78, 5) is 10.9. The van der Waals surface area contributed by atoms with Crippen molar-refractivity contribution in [3.8, 4) is 0 Å². The Hall–Kier alpha value is -1.71. The highest BCUT2D eigenvalue weighted by Crippen LogP contribution is 2.09. The molecule has 76 valence electrons. The van der Waals surface area contributed by atoms with Crippen LogP contribution in [-0.2, 0) is 9.53 Å². The summed E-state index contributed by atoms with van der Waals surface area (Å²) in [7, 11) is 0. The minimum absolute atomic E-state index is 0.0111. The molecule has 0 spiro atoms. The highest BCUT2D eigenvalue weighted by atomic mass is 16.5. The summed E-state index contributed by atoms with van der Waals surface area (Å²) in [6.07, 6.45) is 7.09. The van der Waals surface area contributed by atoms with Crippen LogP contribution < -0.4 is 5.32 Å². The van der Waals surface area contributed by atoms with Gasteiger partial charge in [-0.2, -0.15) is 0 Å². The van der Waals surface area contributed by atoms with E-state index < -0.39 is 0 Å². The second-order valence-electron chi connectivity index (χ2n) is 2.68. The third kappa shape index (κ3) is 2.97. The van der Waals surface area contributed by atoms with Gasteiger partial charge in [0.1, 0.15) is 6.54 Å². The molecule has 0 atom stereocenters. The van der Waals surface area contributed by atoms with E-state index in [-0.39, 0.29) is 18.4 Å². The van der Waals surface area contributed by atoms with E-state index in [0.717, 1.165) is 0 Å². The maximum Gasteiger partial charge on any atom is 0.325 e. The highest BCUT2D eigenvalue weighted by molar-refractivity contribution is 5.71. The van der Waals surface area contributed by atoms with Crippen molar-refractivity contribution in [3.63, 3.8) is 0 Å². The van der Waals surface area contributed by atoms with Gasteiger partial charge in [-0.3, -0.25) is 4.79 Å². The number of rotatable bonds is 4. The van der Waals surface area contributed by atoms with Crippen LogP contribution in [0.25, 0.3) is 0 Å². The van der Waals surface area contributed by atoms with E-state index in [4.69, 9.17) is 0 Å². The summed E-state index contributed by atoms with van der Waals surface area (Å²) < 4.78 is 4.68. The Balaban J connectivity index is 2.38. The molecule has 0 unspecified atom stereocenters. The Morgan fingerprint density at radius 2 is 2.14 bits per heavy atom. The monoisotopic (exact) mass is 195 g/mol. The van der Waals surface area contributed by atoms with Gasteiger partial charge in [-0.05, 0) is 19.1 Å². The molecule has 0 radical (unpaired) electrons. The first-order valence-electron chi connectivity index (χ1n) is 4.41. The summed E-state index contributed by atoms with van der Waals surface area (Å²) in [5.41, 5.74) is 0.661. The molecule has 0 aromatic carbocycles. The SMILES string of the molecule is CCOC(=O)CNC(O)=C1C=CC=C1. The van der Waals surface area contributed by atoms with Crippen LogP contribution in [0, 0.1) is 0 Å². The molecule has 0 saturated heterocycles. The van der Waals surface area contributed by atoms with Crippen molar-refractivity contribution < 1.29 is 14.6 Å². The minimum Gasteiger partial charge on any atom is -0.494 e. The molecule has 0 fully saturated rings. The normalized spacial score (nSPS) is 13.1. The van der Waals surface area contributed by atoms with Gasteiger partial charge in [0.25, 0.3) is 0 Å². The Morgan fingerprint density at radius 3 is 2.71 bits per heavy atom. The van der Waals surface area contributed by atoms with Gasteiger partial charge in [0, 0.05) is 5.57 Å². The fourth-order valence-corrected chi connectivity index (χ4v) is 1.00. The smallest absolute Gasteiger partial charge is 0.325 e. The van der Waals surface area contributed by atoms with Crippen molar-refractivity contribution in [2.24, 2.45) is 0 Å². The van der Waals surface area contributed by atoms with E-state index in [1.807, 2.05) is 0 Å². The van der Waals surface area contributed by atoms with E-state index in [1.54, 1.807) is 31.2 Å². The molecule has 0 aliphatic heterocycles. The average Bonchev–Trinajstić information content (AvgIpc) is 2.67. The summed E-state index contributed by atoms with van der Waals surface area (Å²) >= 11 is 0. The fourth-order valence-electron chi connectivity index (χ4n) is 1.00. The lowest BCUT2D eigenvalue weighted by Crippen LogP contribution is -2.24. The Bertz CT molecular complexity index is 288. The van der Waals surface area contributed by atoms with Crippen LogP contribution in [0.4, 0.5) is 0 Å². The molecular formula is C10H13NO3. The molecule has 0 aromatic rings. The summed E-state index contributed by atoms with van der Waals surface area (Å²) in [6.45, 7) is 2.06. The number of allylic oxidation sites excluding steroid dienone is 5. The lowest BCUT2D eigenvalue weighted by molar-refractivity contribution is -0.142. The van der Waals surface area contributed by atoms with Gasteiger partial charge in [-0.1, -0.05) is 12.2 Å². The number of hydrogen-bond acceptors (Lipinski definition) is 4. The van der Waals surface area contributed by atoms with E-state index in [2.05, 4.69) is 10.1 Å². The first kappa shape index (κ1) is 10.4. The number of ether oxygens (including phenoxy) is 1. The van der Waals surface area contributed by atoms with Gasteiger partial charge in [-0.25, -0.2) is 0 Å². The van der Waals surface area contributed by atoms with E-state index in [9.17, 15) is 9.90 Å². The molecule has 0 amide bonds. The summed E-state index contributed by atoms with van der Waals surface area (Å²) in [5, 5.41) is 12.0. The van der Waals surface area contributed by atoms with Crippen LogP contribution in [0.15, 0.2) is 35.8 Å². The van der Waals surface area contributed by atoms with Gasteiger partial charge in [0.05, 0.1) is 6.61 Å². The van der Waals surface area contributed by atoms with Crippen molar-refractivity contribution in [1.82, 2.24) is 5.32 Å². The van der Waals surface area contributed by atoms with Gasteiger partial charge in [0.15, 0.2) is 5.88 Å². The summed E-state index contributed by atoms with van der Waals surface area (Å²) in [5.74, 6) is -0.395. The number of carbonyl (C=O) groups is 1. The second kappa shape index (κ2) is 5.11. The van der Waals surface area contributed by atoms with Crippen molar-refractivity contribution in [3.05, 3.63) is 35.8 Å². The maximum absolute atomic E-state index is 10.9. The Kier molecular flexibility index (Phi) is 3.79. The van der Waals surface area contributed by atoms with Crippen LogP contribution in [0.3, 0.4) is 0 Å². The molecule has 1 rings (SSSR count). The first-order chi connectivity index (χ1) is 6.74. The van der Waals surface area contributed by atoms with E-state index in [0.29, 0.717) is 12.2 Å². The molecule has 4 heteroatoms. The standard InChI is InChI=1S/C10H13NO3/c1-2-14-9(12)7-11-10(13)8-5-3-4-6-8/h3-6,11,13H,2,7H2,1H3. The Labute approximate surface area is 82.6 Å². The second-order valence-corrected chi connectivity index (χ2v) is 2.68. The fraction of sp³-hybridized carbons (Fsp3) is 0.300. The third-order valence-corrected chi connectivity index (χ3v) is 1.64. The lowest BCUT2D eigenvalue weighted by atomic mass is 10.3. The number of hydrogen-bond donors (Lipinski definition) is 2. The zero-order chi connectivity index (χ0) is 10.4. The largest absolute Gasteiger partial charge is 0.494 e. The number of aliphatic hydroxyl groups is 1. The predicted molar refractivity (Wildman–Crippen MR) is 52.6 cm³/mol. The van der Waals surface area contributed by atoms with Crippen LogP contribution >= 0.6 is 0 Å². The van der Waals surface area contributed by atoms with E-state index >= 15 is 0 Å². The molecule has 0 aromatic heterocycles. The van der Waals surface area contributed by atoms with Gasteiger partial charge < -0.3 is 15.2 Å². The first-order valence-corrected chi connectivity index (χ1v) is 4.41. The molecule has 2 N–H and O–H groups in total. The molecule has 1 aliphatic carbocycles. The van der Waals surface area contributed by atoms with Crippen molar-refractivity contribution in [2.45, 2.75) is 6.92 Å². The number of carbonyl (C=O) groups excluding carboxylic acids is 1. The molecule has 0 heterocycles. The van der Waals surface area contributed by atoms with Crippen LogP contribution in [0.2, 0.25) is 0 Å². The van der Waals surface area contributed by atoms with Gasteiger partial charge in [0.2, 0.25) is 0 Å². The number of nitrogens with one attached hydrogen (secondary N) is 1. The number of aliphatic hydroxyl groups excluding tert-OH is 1. The van der Waals surface area contributed by atoms with Crippen molar-refractivity contribution in [1.29, 1.82) is 0 Å². The highest BCUT2D eigenvalue weighted by Gasteiger charge is 2.05. The summed E-state index contributed by atoms with van der Waals surface area (Å²) in [6, 6.07) is 0.